The number of pyridine rings is 4. The van der Waals surface area contributed by atoms with E-state index in [1.165, 1.54) is 0 Å². The number of aromatic amines is 4. The van der Waals surface area contributed by atoms with Crippen LogP contribution in [0.5, 0.6) is 0 Å². The van der Waals surface area contributed by atoms with Crippen LogP contribution in [0.4, 0.5) is 0 Å². The summed E-state index contributed by atoms with van der Waals surface area (Å²) < 4.78 is 0. The number of hydrogen-bond acceptors (Lipinski definition) is 6. The molecule has 0 saturated heterocycles. The number of rotatable bonds is 0. The molecule has 6 aromatic carbocycles. The van der Waals surface area contributed by atoms with Gasteiger partial charge >= 0.3 is 0 Å². The van der Waals surface area contributed by atoms with E-state index in [2.05, 4.69) is 166 Å². The predicted molar refractivity (Wildman–Crippen MR) is 273 cm³/mol. The third-order valence-corrected chi connectivity index (χ3v) is 14.7. The summed E-state index contributed by atoms with van der Waals surface area (Å²) in [5, 5.41) is 8.09. The Bertz CT molecular complexity index is 4210. The number of aromatic nitrogens is 10. The van der Waals surface area contributed by atoms with Gasteiger partial charge in [-0.15, -0.1) is 0 Å². The first-order valence-corrected chi connectivity index (χ1v) is 23.0. The highest BCUT2D eigenvalue weighted by Gasteiger charge is 2.24. The summed E-state index contributed by atoms with van der Waals surface area (Å²) in [5.74, 6) is 0. The van der Waals surface area contributed by atoms with Crippen LogP contribution >= 0.6 is 0 Å². The Hall–Kier alpha value is -9.28. The lowest BCUT2D eigenvalue weighted by molar-refractivity contribution is 1.07. The van der Waals surface area contributed by atoms with Crippen molar-refractivity contribution in [2.75, 3.05) is 0 Å². The summed E-state index contributed by atoms with van der Waals surface area (Å²) in [7, 11) is 0. The lowest BCUT2D eigenvalue weighted by Crippen LogP contribution is -1.99. The zero-order valence-electron chi connectivity index (χ0n) is 36.0. The minimum absolute atomic E-state index is 0.738. The van der Waals surface area contributed by atoms with Gasteiger partial charge < -0.3 is 19.9 Å². The van der Waals surface area contributed by atoms with Crippen molar-refractivity contribution in [3.8, 4) is 45.0 Å². The molecule has 10 heteroatoms. The highest BCUT2D eigenvalue weighted by molar-refractivity contribution is 6.27. The molecule has 0 unspecified atom stereocenters. The third-order valence-electron chi connectivity index (χ3n) is 14.7. The molecular formula is C58H32N10. The van der Waals surface area contributed by atoms with Gasteiger partial charge in [0.2, 0.25) is 0 Å². The van der Waals surface area contributed by atoms with Crippen LogP contribution in [0, 0.1) is 0 Å². The molecule has 15 aromatic rings. The number of para-hydroxylation sites is 4. The first-order valence-electron chi connectivity index (χ1n) is 23.0. The van der Waals surface area contributed by atoms with E-state index in [-0.39, 0.29) is 0 Å². The normalized spacial score (nSPS) is 13.2. The standard InChI is InChI=1S/C58H32N10/c1-5-27-21-31-25-32-22-28-6-2-10-36(48(28)60-32)44-18-14-40-52(64-44)51-39(13-17-43(63-51)35(9-1)47(27)59-31)55-56(40)68-58-42-16-20-46-38-12-4-8-30-24-34(62-50(30)38)26-33-23-29-7-3-11-37(49(29)61-33)45-19-15-41(57(58)67-55)53(65-45)54(42)66-46/h1-24,59-62H,25-26H2. The number of H-pyrrole nitrogens is 4. The van der Waals surface area contributed by atoms with Crippen molar-refractivity contribution in [1.29, 1.82) is 0 Å². The molecule has 10 nitrogen and oxygen atoms in total. The second kappa shape index (κ2) is 12.3. The number of benzene rings is 6. The summed E-state index contributed by atoms with van der Waals surface area (Å²) in [6.45, 7) is 0. The molecular weight excluding hydrogens is 837 g/mol. The Morgan fingerprint density at radius 3 is 0.779 bits per heavy atom. The Morgan fingerprint density at radius 1 is 0.265 bits per heavy atom. The topological polar surface area (TPSA) is 140 Å². The number of fused-ring (bicyclic) bond motifs is 18. The molecule has 2 aliphatic rings. The second-order valence-electron chi connectivity index (χ2n) is 18.6. The molecule has 0 aliphatic carbocycles. The SMILES string of the molecule is c1cc2c3[nH]c(cc3c1)Cc1cc3cccc(c3[nH]1)-c1ccc3c(n1)c1nc-2ccc1c1nc2c4ccc5nc4c4nc(ccc4c2nc31)-c1cccc2cc([nH]c12)Cc1cc2cccc-5c2[nH]1. The Labute approximate surface area is 383 Å². The summed E-state index contributed by atoms with van der Waals surface area (Å²) in [6.07, 6.45) is 1.48. The van der Waals surface area contributed by atoms with E-state index in [9.17, 15) is 0 Å². The van der Waals surface area contributed by atoms with Crippen molar-refractivity contribution in [2.24, 2.45) is 0 Å². The van der Waals surface area contributed by atoms with Gasteiger partial charge in [-0.2, -0.15) is 0 Å². The number of nitrogens with zero attached hydrogens (tertiary/aromatic N) is 6. The van der Waals surface area contributed by atoms with Crippen molar-refractivity contribution in [2.45, 2.75) is 12.8 Å². The minimum Gasteiger partial charge on any atom is -0.358 e. The quantitative estimate of drug-likeness (QED) is 0.0883. The van der Waals surface area contributed by atoms with Gasteiger partial charge in [0.25, 0.3) is 0 Å². The fourth-order valence-electron chi connectivity index (χ4n) is 11.6. The molecule has 314 valence electrons. The van der Waals surface area contributed by atoms with Crippen LogP contribution in [-0.4, -0.2) is 49.8 Å². The number of hydrogen-bond donors (Lipinski definition) is 4. The van der Waals surface area contributed by atoms with Gasteiger partial charge in [-0.25, -0.2) is 29.9 Å². The van der Waals surface area contributed by atoms with E-state index in [0.717, 1.165) is 190 Å². The zero-order valence-corrected chi connectivity index (χ0v) is 36.0. The molecule has 0 amide bonds. The van der Waals surface area contributed by atoms with Crippen LogP contribution in [0.3, 0.4) is 0 Å². The van der Waals surface area contributed by atoms with Gasteiger partial charge in [0, 0.05) is 101 Å². The van der Waals surface area contributed by atoms with Crippen LogP contribution in [0.2, 0.25) is 0 Å². The highest BCUT2D eigenvalue weighted by atomic mass is 14.9. The number of nitrogens with one attached hydrogen (secondary N) is 4. The predicted octanol–water partition coefficient (Wildman–Crippen LogP) is 13.4. The van der Waals surface area contributed by atoms with E-state index in [0.29, 0.717) is 0 Å². The maximum Gasteiger partial charge on any atom is 0.0996 e. The maximum absolute atomic E-state index is 5.67. The minimum atomic E-state index is 0.738. The van der Waals surface area contributed by atoms with Gasteiger partial charge in [-0.05, 0) is 72.8 Å². The summed E-state index contributed by atoms with van der Waals surface area (Å²) in [6, 6.07) is 51.8. The monoisotopic (exact) mass is 868 g/mol. The van der Waals surface area contributed by atoms with Crippen LogP contribution in [-0.2, 0) is 12.8 Å². The van der Waals surface area contributed by atoms with E-state index >= 15 is 0 Å². The Balaban J connectivity index is 1.01. The zero-order chi connectivity index (χ0) is 43.9. The molecule has 68 heavy (non-hydrogen) atoms. The van der Waals surface area contributed by atoms with Gasteiger partial charge in [-0.1, -0.05) is 72.8 Å². The smallest absolute Gasteiger partial charge is 0.0996 e. The van der Waals surface area contributed by atoms with E-state index in [1.807, 2.05) is 0 Å². The van der Waals surface area contributed by atoms with Crippen LogP contribution < -0.4 is 0 Å². The molecule has 4 N–H and O–H groups in total. The second-order valence-corrected chi connectivity index (χ2v) is 18.6. The van der Waals surface area contributed by atoms with Crippen molar-refractivity contribution in [3.63, 3.8) is 0 Å². The van der Waals surface area contributed by atoms with E-state index < -0.39 is 0 Å². The van der Waals surface area contributed by atoms with Crippen molar-refractivity contribution in [1.82, 2.24) is 49.8 Å². The molecule has 0 radical (unpaired) electrons. The average Bonchev–Trinajstić information content (AvgIpc) is 4.19. The van der Waals surface area contributed by atoms with Gasteiger partial charge in [0.15, 0.2) is 0 Å². The van der Waals surface area contributed by atoms with Gasteiger partial charge in [0.1, 0.15) is 0 Å². The lowest BCUT2D eigenvalue weighted by Gasteiger charge is -2.15. The first-order chi connectivity index (χ1) is 33.6. The van der Waals surface area contributed by atoms with Crippen molar-refractivity contribution in [3.05, 3.63) is 168 Å². The summed E-state index contributed by atoms with van der Waals surface area (Å²) in [5.41, 5.74) is 22.4. The van der Waals surface area contributed by atoms with Gasteiger partial charge in [-0.3, -0.25) is 0 Å². The molecule has 2 aliphatic heterocycles. The van der Waals surface area contributed by atoms with Crippen LogP contribution in [0.15, 0.2) is 146 Å². The largest absolute Gasteiger partial charge is 0.358 e. The van der Waals surface area contributed by atoms with E-state index in [4.69, 9.17) is 29.9 Å². The molecule has 16 bridgehead atoms. The summed E-state index contributed by atoms with van der Waals surface area (Å²) in [4.78, 5) is 48.5. The first kappa shape index (κ1) is 35.0. The van der Waals surface area contributed by atoms with Crippen LogP contribution in [0.25, 0.3) is 154 Å². The lowest BCUT2D eigenvalue weighted by atomic mass is 10.0. The van der Waals surface area contributed by atoms with Crippen molar-refractivity contribution >= 4 is 109 Å². The molecule has 0 fully saturated rings. The highest BCUT2D eigenvalue weighted by Crippen LogP contribution is 2.42. The molecule has 0 spiro atoms. The molecule has 17 rings (SSSR count). The molecule has 11 heterocycles. The van der Waals surface area contributed by atoms with Gasteiger partial charge in [0.05, 0.1) is 89.0 Å². The molecule has 0 saturated carbocycles. The fraction of sp³-hybridized carbons (Fsp3) is 0.0345. The van der Waals surface area contributed by atoms with Crippen LogP contribution in [0.1, 0.15) is 22.8 Å². The Morgan fingerprint density at radius 2 is 0.515 bits per heavy atom. The Kier molecular flexibility index (Phi) is 6.35. The van der Waals surface area contributed by atoms with E-state index in [1.54, 1.807) is 0 Å². The maximum atomic E-state index is 5.67. The van der Waals surface area contributed by atoms with Crippen molar-refractivity contribution < 1.29 is 0 Å². The summed E-state index contributed by atoms with van der Waals surface area (Å²) >= 11 is 0. The molecule has 0 atom stereocenters. The molecule has 9 aromatic heterocycles. The average molecular weight is 869 g/mol. The third kappa shape index (κ3) is 4.64. The fourth-order valence-corrected chi connectivity index (χ4v) is 11.6.